The van der Waals surface area contributed by atoms with Crippen molar-refractivity contribution in [1.82, 2.24) is 0 Å². The molecule has 1 unspecified atom stereocenters. The van der Waals surface area contributed by atoms with Gasteiger partial charge in [-0.3, -0.25) is 0 Å². The Kier molecular flexibility index (Phi) is 3.84. The summed E-state index contributed by atoms with van der Waals surface area (Å²) in [7, 11) is 0. The van der Waals surface area contributed by atoms with Gasteiger partial charge in [0.25, 0.3) is 0 Å². The van der Waals surface area contributed by atoms with Crippen molar-refractivity contribution >= 4 is 23.3 Å². The van der Waals surface area contributed by atoms with Crippen LogP contribution in [0.15, 0.2) is 42.5 Å². The predicted molar refractivity (Wildman–Crippen MR) is 83.4 cm³/mol. The van der Waals surface area contributed by atoms with Crippen molar-refractivity contribution in [3.05, 3.63) is 64.2 Å². The lowest BCUT2D eigenvalue weighted by atomic mass is 9.89. The van der Waals surface area contributed by atoms with Crippen LogP contribution >= 0.6 is 11.6 Å². The van der Waals surface area contributed by atoms with E-state index in [2.05, 4.69) is 6.07 Å². The van der Waals surface area contributed by atoms with Gasteiger partial charge in [-0.15, -0.1) is 0 Å². The van der Waals surface area contributed by atoms with Crippen molar-refractivity contribution in [3.63, 3.8) is 0 Å². The number of nitrogens with two attached hydrogens (primary N) is 1. The second-order valence-electron chi connectivity index (χ2n) is 5.26. The zero-order valence-electron chi connectivity index (χ0n) is 11.5. The Morgan fingerprint density at radius 1 is 1.24 bits per heavy atom. The fourth-order valence-electron chi connectivity index (χ4n) is 2.76. The monoisotopic (exact) mass is 301 g/mol. The molecule has 2 aromatic rings. The summed E-state index contributed by atoms with van der Waals surface area (Å²) >= 11 is 5.93. The van der Waals surface area contributed by atoms with E-state index in [-0.39, 0.29) is 12.1 Å². The number of esters is 1. The summed E-state index contributed by atoms with van der Waals surface area (Å²) in [4.78, 5) is 12.3. The van der Waals surface area contributed by atoms with Crippen LogP contribution in [0.25, 0.3) is 0 Å². The molecular weight excluding hydrogens is 286 g/mol. The fraction of sp³-hybridized carbons (Fsp3) is 0.235. The summed E-state index contributed by atoms with van der Waals surface area (Å²) in [5, 5.41) is 0.436. The van der Waals surface area contributed by atoms with Crippen LogP contribution in [0.1, 0.15) is 40.4 Å². The van der Waals surface area contributed by atoms with E-state index in [1.165, 1.54) is 5.56 Å². The maximum atomic E-state index is 12.3. The number of hydrogen-bond acceptors (Lipinski definition) is 3. The van der Waals surface area contributed by atoms with Crippen molar-refractivity contribution in [2.24, 2.45) is 0 Å². The first-order valence-electron chi connectivity index (χ1n) is 6.98. The Hall–Kier alpha value is -2.00. The van der Waals surface area contributed by atoms with Crippen molar-refractivity contribution < 1.29 is 9.53 Å². The number of anilines is 1. The number of nitrogen functional groups attached to an aromatic ring is 1. The van der Waals surface area contributed by atoms with Gasteiger partial charge in [0.1, 0.15) is 6.10 Å². The number of hydrogen-bond donors (Lipinski definition) is 1. The third-order valence-electron chi connectivity index (χ3n) is 3.72. The zero-order chi connectivity index (χ0) is 14.8. The summed E-state index contributed by atoms with van der Waals surface area (Å²) in [6.45, 7) is 0. The predicted octanol–water partition coefficient (Wildman–Crippen LogP) is 4.16. The molecule has 108 valence electrons. The topological polar surface area (TPSA) is 52.3 Å². The molecule has 21 heavy (non-hydrogen) atoms. The summed E-state index contributed by atoms with van der Waals surface area (Å²) in [5.41, 5.74) is 8.92. The van der Waals surface area contributed by atoms with Gasteiger partial charge >= 0.3 is 5.97 Å². The van der Waals surface area contributed by atoms with Gasteiger partial charge in [0.05, 0.1) is 5.56 Å². The normalized spacial score (nSPS) is 17.1. The van der Waals surface area contributed by atoms with Gasteiger partial charge in [0.15, 0.2) is 0 Å². The van der Waals surface area contributed by atoms with Crippen LogP contribution in [-0.2, 0) is 11.2 Å². The molecule has 0 saturated carbocycles. The van der Waals surface area contributed by atoms with Crippen molar-refractivity contribution in [1.29, 1.82) is 0 Å². The Bertz CT molecular complexity index is 664. The fourth-order valence-corrected chi connectivity index (χ4v) is 3.00. The first-order chi connectivity index (χ1) is 10.1. The minimum atomic E-state index is -0.383. The number of carbonyl (C=O) groups excluding carboxylic acids is 1. The van der Waals surface area contributed by atoms with Gasteiger partial charge < -0.3 is 10.5 Å². The Morgan fingerprint density at radius 3 is 2.86 bits per heavy atom. The van der Waals surface area contributed by atoms with Gasteiger partial charge in [0.2, 0.25) is 0 Å². The van der Waals surface area contributed by atoms with Crippen LogP contribution in [0.4, 0.5) is 5.69 Å². The van der Waals surface area contributed by atoms with Gasteiger partial charge in [-0.2, -0.15) is 0 Å². The highest BCUT2D eigenvalue weighted by Gasteiger charge is 2.24. The molecule has 0 aliphatic heterocycles. The number of aryl methyl sites for hydroxylation is 1. The standard InChI is InChI=1S/C17H16ClNO2/c18-13-8-12(9-14(19)10-13)17(20)21-16-7-3-5-11-4-1-2-6-15(11)16/h1-2,4,6,8-10,16H,3,5,7,19H2. The van der Waals surface area contributed by atoms with Crippen LogP contribution in [0.5, 0.6) is 0 Å². The van der Waals surface area contributed by atoms with Crippen LogP contribution in [-0.4, -0.2) is 5.97 Å². The lowest BCUT2D eigenvalue weighted by Gasteiger charge is -2.25. The number of rotatable bonds is 2. The third kappa shape index (κ3) is 3.03. The molecule has 0 bridgehead atoms. The second kappa shape index (κ2) is 5.78. The maximum absolute atomic E-state index is 12.3. The summed E-state index contributed by atoms with van der Waals surface area (Å²) in [5.74, 6) is -0.383. The molecule has 0 aromatic heterocycles. The second-order valence-corrected chi connectivity index (χ2v) is 5.69. The highest BCUT2D eigenvalue weighted by molar-refractivity contribution is 6.31. The molecule has 4 heteroatoms. The molecule has 0 saturated heterocycles. The molecule has 0 spiro atoms. The molecule has 3 nitrogen and oxygen atoms in total. The molecule has 1 atom stereocenters. The Labute approximate surface area is 128 Å². The Morgan fingerprint density at radius 2 is 2.05 bits per heavy atom. The number of carbonyl (C=O) groups is 1. The Balaban J connectivity index is 1.82. The highest BCUT2D eigenvalue weighted by atomic mass is 35.5. The quantitative estimate of drug-likeness (QED) is 0.669. The van der Waals surface area contributed by atoms with E-state index in [9.17, 15) is 4.79 Å². The van der Waals surface area contributed by atoms with E-state index in [0.29, 0.717) is 16.3 Å². The largest absolute Gasteiger partial charge is 0.454 e. The minimum Gasteiger partial charge on any atom is -0.454 e. The number of benzene rings is 2. The molecule has 0 fully saturated rings. The zero-order valence-corrected chi connectivity index (χ0v) is 12.3. The minimum absolute atomic E-state index is 0.192. The SMILES string of the molecule is Nc1cc(Cl)cc(C(=O)OC2CCCc3ccccc32)c1. The van der Waals surface area contributed by atoms with Crippen LogP contribution in [0.3, 0.4) is 0 Å². The lowest BCUT2D eigenvalue weighted by molar-refractivity contribution is 0.0256. The number of halogens is 1. The molecule has 1 aliphatic rings. The van der Waals surface area contributed by atoms with Crippen molar-refractivity contribution in [2.75, 3.05) is 5.73 Å². The van der Waals surface area contributed by atoms with Gasteiger partial charge in [-0.25, -0.2) is 4.79 Å². The highest BCUT2D eigenvalue weighted by Crippen LogP contribution is 2.33. The molecule has 2 aromatic carbocycles. The molecule has 0 heterocycles. The van der Waals surface area contributed by atoms with E-state index in [4.69, 9.17) is 22.1 Å². The molecule has 3 rings (SSSR count). The first kappa shape index (κ1) is 14.0. The van der Waals surface area contributed by atoms with Crippen molar-refractivity contribution in [3.8, 4) is 0 Å². The number of fused-ring (bicyclic) bond motifs is 1. The summed E-state index contributed by atoms with van der Waals surface area (Å²) < 4.78 is 5.66. The smallest absolute Gasteiger partial charge is 0.338 e. The van der Waals surface area contributed by atoms with E-state index in [1.54, 1.807) is 18.2 Å². The van der Waals surface area contributed by atoms with Crippen LogP contribution in [0, 0.1) is 0 Å². The van der Waals surface area contributed by atoms with E-state index in [0.717, 1.165) is 24.8 Å². The summed E-state index contributed by atoms with van der Waals surface area (Å²) in [6, 6.07) is 12.9. The third-order valence-corrected chi connectivity index (χ3v) is 3.94. The molecular formula is C17H16ClNO2. The van der Waals surface area contributed by atoms with E-state index >= 15 is 0 Å². The van der Waals surface area contributed by atoms with Gasteiger partial charge in [0, 0.05) is 10.7 Å². The van der Waals surface area contributed by atoms with Crippen LogP contribution < -0.4 is 5.73 Å². The lowest BCUT2D eigenvalue weighted by Crippen LogP contribution is -2.17. The molecule has 0 amide bonds. The van der Waals surface area contributed by atoms with E-state index in [1.807, 2.05) is 18.2 Å². The van der Waals surface area contributed by atoms with Gasteiger partial charge in [-0.05, 0) is 48.6 Å². The molecule has 0 radical (unpaired) electrons. The van der Waals surface area contributed by atoms with Crippen LogP contribution in [0.2, 0.25) is 5.02 Å². The average molecular weight is 302 g/mol. The molecule has 2 N–H and O–H groups in total. The van der Waals surface area contributed by atoms with Crippen molar-refractivity contribution in [2.45, 2.75) is 25.4 Å². The van der Waals surface area contributed by atoms with E-state index < -0.39 is 0 Å². The number of ether oxygens (including phenoxy) is 1. The first-order valence-corrected chi connectivity index (χ1v) is 7.36. The van der Waals surface area contributed by atoms with Gasteiger partial charge in [-0.1, -0.05) is 35.9 Å². The summed E-state index contributed by atoms with van der Waals surface area (Å²) in [6.07, 6.45) is 2.71. The maximum Gasteiger partial charge on any atom is 0.338 e. The molecule has 1 aliphatic carbocycles. The average Bonchev–Trinajstić information content (AvgIpc) is 2.46.